The molecule has 1 aromatic carbocycles. The van der Waals surface area contributed by atoms with Crippen LogP contribution in [0.1, 0.15) is 5.56 Å². The molecular weight excluding hydrogens is 239 g/mol. The van der Waals surface area contributed by atoms with Crippen molar-refractivity contribution >= 4 is 15.9 Å². The van der Waals surface area contributed by atoms with Crippen LogP contribution in [0.15, 0.2) is 16.6 Å². The van der Waals surface area contributed by atoms with Gasteiger partial charge in [0.1, 0.15) is 0 Å². The maximum absolute atomic E-state index is 13.3. The Balaban J connectivity index is 3.13. The Morgan fingerprint density at radius 1 is 1.54 bits per heavy atom. The quantitative estimate of drug-likeness (QED) is 0.889. The molecule has 1 aromatic rings. The largest absolute Gasteiger partial charge is 0.493 e. The van der Waals surface area contributed by atoms with Crippen molar-refractivity contribution in [2.45, 2.75) is 6.42 Å². The van der Waals surface area contributed by atoms with E-state index in [1.54, 1.807) is 12.1 Å². The van der Waals surface area contributed by atoms with Gasteiger partial charge in [-0.25, -0.2) is 4.39 Å². The molecule has 4 heteroatoms. The summed E-state index contributed by atoms with van der Waals surface area (Å²) in [7, 11) is 1.41. The molecule has 0 aromatic heterocycles. The van der Waals surface area contributed by atoms with Gasteiger partial charge in [-0.1, -0.05) is 6.07 Å². The lowest BCUT2D eigenvalue weighted by Gasteiger charge is -2.08. The molecule has 0 saturated heterocycles. The molecule has 1 rings (SSSR count). The van der Waals surface area contributed by atoms with Crippen LogP contribution in [0.25, 0.3) is 0 Å². The van der Waals surface area contributed by atoms with Crippen molar-refractivity contribution in [2.75, 3.05) is 13.7 Å². The van der Waals surface area contributed by atoms with Crippen LogP contribution in [0, 0.1) is 5.82 Å². The van der Waals surface area contributed by atoms with E-state index in [-0.39, 0.29) is 12.4 Å². The van der Waals surface area contributed by atoms with E-state index in [1.165, 1.54) is 7.11 Å². The van der Waals surface area contributed by atoms with E-state index in [1.807, 2.05) is 0 Å². The molecule has 0 saturated carbocycles. The fourth-order valence-corrected chi connectivity index (χ4v) is 1.42. The topological polar surface area (TPSA) is 29.5 Å². The van der Waals surface area contributed by atoms with E-state index in [4.69, 9.17) is 9.84 Å². The molecule has 72 valence electrons. The first-order chi connectivity index (χ1) is 6.20. The maximum atomic E-state index is 13.3. The van der Waals surface area contributed by atoms with Crippen LogP contribution in [0.4, 0.5) is 4.39 Å². The van der Waals surface area contributed by atoms with Crippen LogP contribution in [-0.4, -0.2) is 18.8 Å². The lowest BCUT2D eigenvalue weighted by molar-refractivity contribution is 0.295. The number of aliphatic hydroxyl groups is 1. The van der Waals surface area contributed by atoms with Gasteiger partial charge in [-0.05, 0) is 34.0 Å². The number of methoxy groups -OCH3 is 1. The van der Waals surface area contributed by atoms with E-state index < -0.39 is 5.82 Å². The standard InChI is InChI=1S/C9H10BrFO2/c1-13-9-6(4-5-12)2-3-7(10)8(9)11/h2-3,12H,4-5H2,1H3. The van der Waals surface area contributed by atoms with Gasteiger partial charge in [0.15, 0.2) is 11.6 Å². The van der Waals surface area contributed by atoms with Crippen molar-refractivity contribution in [1.82, 2.24) is 0 Å². The predicted molar refractivity (Wildman–Crippen MR) is 51.4 cm³/mol. The summed E-state index contributed by atoms with van der Waals surface area (Å²) in [4.78, 5) is 0. The number of halogens is 2. The highest BCUT2D eigenvalue weighted by Crippen LogP contribution is 2.28. The number of benzene rings is 1. The second kappa shape index (κ2) is 4.58. The first kappa shape index (κ1) is 10.5. The van der Waals surface area contributed by atoms with Crippen molar-refractivity contribution in [3.05, 3.63) is 28.0 Å². The van der Waals surface area contributed by atoms with Gasteiger partial charge in [0, 0.05) is 6.61 Å². The average Bonchev–Trinajstić information content (AvgIpc) is 2.12. The Kier molecular flexibility index (Phi) is 3.69. The lowest BCUT2D eigenvalue weighted by Crippen LogP contribution is -1.98. The minimum absolute atomic E-state index is 0.0164. The van der Waals surface area contributed by atoms with Gasteiger partial charge < -0.3 is 9.84 Å². The second-order valence-electron chi connectivity index (χ2n) is 2.53. The predicted octanol–water partition coefficient (Wildman–Crippen LogP) is 2.13. The van der Waals surface area contributed by atoms with Gasteiger partial charge in [0.25, 0.3) is 0 Å². The van der Waals surface area contributed by atoms with Crippen molar-refractivity contribution in [3.8, 4) is 5.75 Å². The molecule has 2 nitrogen and oxygen atoms in total. The summed E-state index contributed by atoms with van der Waals surface area (Å²) in [6, 6.07) is 3.32. The molecular formula is C9H10BrFO2. The molecule has 0 bridgehead atoms. The van der Waals surface area contributed by atoms with Gasteiger partial charge in [-0.3, -0.25) is 0 Å². The van der Waals surface area contributed by atoms with Gasteiger partial charge in [-0.15, -0.1) is 0 Å². The molecule has 0 heterocycles. The third-order valence-electron chi connectivity index (χ3n) is 1.72. The molecule has 0 aliphatic carbocycles. The van der Waals surface area contributed by atoms with Crippen LogP contribution in [0.2, 0.25) is 0 Å². The van der Waals surface area contributed by atoms with Gasteiger partial charge >= 0.3 is 0 Å². The zero-order valence-electron chi connectivity index (χ0n) is 7.18. The van der Waals surface area contributed by atoms with Crippen LogP contribution in [0.3, 0.4) is 0 Å². The fourth-order valence-electron chi connectivity index (χ4n) is 1.11. The second-order valence-corrected chi connectivity index (χ2v) is 3.38. The third kappa shape index (κ3) is 2.19. The van der Waals surface area contributed by atoms with Crippen molar-refractivity contribution in [3.63, 3.8) is 0 Å². The van der Waals surface area contributed by atoms with Crippen LogP contribution in [-0.2, 0) is 6.42 Å². The van der Waals surface area contributed by atoms with Crippen LogP contribution < -0.4 is 4.74 Å². The van der Waals surface area contributed by atoms with Crippen molar-refractivity contribution in [2.24, 2.45) is 0 Å². The molecule has 0 aliphatic rings. The van der Waals surface area contributed by atoms with Crippen molar-refractivity contribution in [1.29, 1.82) is 0 Å². The average molecular weight is 249 g/mol. The Morgan fingerprint density at radius 3 is 2.77 bits per heavy atom. The summed E-state index contributed by atoms with van der Waals surface area (Å²) in [5.74, 6) is -0.225. The number of hydrogen-bond acceptors (Lipinski definition) is 2. The number of hydrogen-bond donors (Lipinski definition) is 1. The lowest BCUT2D eigenvalue weighted by atomic mass is 10.1. The highest BCUT2D eigenvalue weighted by molar-refractivity contribution is 9.10. The summed E-state index contributed by atoms with van der Waals surface area (Å²) in [5, 5.41) is 8.71. The summed E-state index contributed by atoms with van der Waals surface area (Å²) in [6.45, 7) is -0.0164. The molecule has 1 N–H and O–H groups in total. The molecule has 0 atom stereocenters. The van der Waals surface area contributed by atoms with Gasteiger partial charge in [0.05, 0.1) is 11.6 Å². The van der Waals surface area contributed by atoms with E-state index >= 15 is 0 Å². The molecule has 0 radical (unpaired) electrons. The van der Waals surface area contributed by atoms with Crippen LogP contribution in [0.5, 0.6) is 5.75 Å². The minimum Gasteiger partial charge on any atom is -0.493 e. The van der Waals surface area contributed by atoms with Gasteiger partial charge in [-0.2, -0.15) is 0 Å². The zero-order valence-corrected chi connectivity index (χ0v) is 8.77. The number of aliphatic hydroxyl groups excluding tert-OH is 1. The molecule has 0 unspecified atom stereocenters. The first-order valence-corrected chi connectivity index (χ1v) is 4.61. The van der Waals surface area contributed by atoms with E-state index in [9.17, 15) is 4.39 Å². The number of rotatable bonds is 3. The molecule has 0 amide bonds. The van der Waals surface area contributed by atoms with E-state index in [2.05, 4.69) is 15.9 Å². The van der Waals surface area contributed by atoms with Crippen LogP contribution >= 0.6 is 15.9 Å². The Morgan fingerprint density at radius 2 is 2.23 bits per heavy atom. The third-order valence-corrected chi connectivity index (χ3v) is 2.33. The SMILES string of the molecule is COc1c(CCO)ccc(Br)c1F. The highest BCUT2D eigenvalue weighted by atomic mass is 79.9. The summed E-state index contributed by atoms with van der Waals surface area (Å²) < 4.78 is 18.6. The highest BCUT2D eigenvalue weighted by Gasteiger charge is 2.11. The van der Waals surface area contributed by atoms with E-state index in [0.717, 1.165) is 0 Å². The van der Waals surface area contributed by atoms with E-state index in [0.29, 0.717) is 16.5 Å². The maximum Gasteiger partial charge on any atom is 0.179 e. The summed E-state index contributed by atoms with van der Waals surface area (Å²) >= 11 is 3.05. The summed E-state index contributed by atoms with van der Waals surface area (Å²) in [5.41, 5.74) is 0.672. The Hall–Kier alpha value is -0.610. The van der Waals surface area contributed by atoms with Gasteiger partial charge in [0.2, 0.25) is 0 Å². The number of ether oxygens (including phenoxy) is 1. The Labute approximate surface area is 84.5 Å². The summed E-state index contributed by atoms with van der Waals surface area (Å²) in [6.07, 6.45) is 0.396. The molecule has 0 fully saturated rings. The molecule has 0 aliphatic heterocycles. The molecule has 0 spiro atoms. The normalized spacial score (nSPS) is 10.2. The zero-order chi connectivity index (χ0) is 9.84. The smallest absolute Gasteiger partial charge is 0.179 e. The molecule has 13 heavy (non-hydrogen) atoms. The monoisotopic (exact) mass is 248 g/mol. The fraction of sp³-hybridized carbons (Fsp3) is 0.333. The minimum atomic E-state index is -0.423. The Bertz CT molecular complexity index is 302. The first-order valence-electron chi connectivity index (χ1n) is 3.82. The van der Waals surface area contributed by atoms with Crippen molar-refractivity contribution < 1.29 is 14.2 Å².